The lowest BCUT2D eigenvalue weighted by Crippen LogP contribution is -2.08. The zero-order valence-corrected chi connectivity index (χ0v) is 13.3. The van der Waals surface area contributed by atoms with E-state index in [1.807, 2.05) is 0 Å². The van der Waals surface area contributed by atoms with Crippen LogP contribution in [-0.4, -0.2) is 28.6 Å². The maximum Gasteiger partial charge on any atom is 0.0344 e. The Labute approximate surface area is 79.3 Å². The van der Waals surface area contributed by atoms with Gasteiger partial charge in [-0.1, -0.05) is 37.8 Å². The van der Waals surface area contributed by atoms with Crippen LogP contribution in [-0.2, 0) is 0 Å². The van der Waals surface area contributed by atoms with E-state index in [2.05, 4.69) is 32.7 Å². The van der Waals surface area contributed by atoms with Gasteiger partial charge in [0.05, 0.1) is 0 Å². The second-order valence-electron chi connectivity index (χ2n) is 2.77. The quantitative estimate of drug-likeness (QED) is 0.463. The highest BCUT2D eigenvalue weighted by Crippen LogP contribution is 1.98. The van der Waals surface area contributed by atoms with E-state index in [0.717, 1.165) is 0 Å². The monoisotopic (exact) mass is 204 g/mol. The average Bonchev–Trinajstić information content (AvgIpc) is 2.05. The minimum absolute atomic E-state index is 0.276. The van der Waals surface area contributed by atoms with Gasteiger partial charge < -0.3 is 0 Å². The first kappa shape index (κ1) is 13.9. The van der Waals surface area contributed by atoms with Crippen molar-refractivity contribution in [1.29, 1.82) is 0 Å². The molecule has 0 saturated carbocycles. The van der Waals surface area contributed by atoms with E-state index >= 15 is 0 Å². The van der Waals surface area contributed by atoms with E-state index in [-0.39, 0.29) is 8.80 Å². The van der Waals surface area contributed by atoms with Crippen molar-refractivity contribution in [2.75, 3.05) is 0 Å². The number of allylic oxidation sites excluding steroid dienone is 1. The molecule has 0 saturated heterocycles. The van der Waals surface area contributed by atoms with Crippen LogP contribution in [0.4, 0.5) is 0 Å². The first-order valence-electron chi connectivity index (χ1n) is 4.92. The molecule has 0 aromatic heterocycles. The molecule has 0 aromatic rings. The Balaban J connectivity index is 0. The van der Waals surface area contributed by atoms with Gasteiger partial charge in [-0.2, -0.15) is 0 Å². The number of hydrogen-bond donors (Lipinski definition) is 0. The molecular formula is C8H24Si3. The molecule has 0 rings (SSSR count). The summed E-state index contributed by atoms with van der Waals surface area (Å²) < 4.78 is 0. The third-order valence-electron chi connectivity index (χ3n) is 1.62. The van der Waals surface area contributed by atoms with E-state index in [4.69, 9.17) is 0 Å². The van der Waals surface area contributed by atoms with Crippen LogP contribution in [0.1, 0.15) is 6.92 Å². The highest BCUT2D eigenvalue weighted by Gasteiger charge is 1.98. The van der Waals surface area contributed by atoms with Crippen LogP contribution >= 0.6 is 0 Å². The highest BCUT2D eigenvalue weighted by molar-refractivity contribution is 6.68. The lowest BCUT2D eigenvalue weighted by molar-refractivity contribution is 1.43. The van der Waals surface area contributed by atoms with Gasteiger partial charge in [0.2, 0.25) is 0 Å². The van der Waals surface area contributed by atoms with Gasteiger partial charge in [-0.15, -0.1) is 6.58 Å². The third kappa shape index (κ3) is 13.4. The lowest BCUT2D eigenvalue weighted by atomic mass is 10.8. The van der Waals surface area contributed by atoms with Crippen LogP contribution in [0.3, 0.4) is 0 Å². The molecule has 0 nitrogen and oxygen atoms in total. The summed E-state index contributed by atoms with van der Waals surface area (Å²) >= 11 is 0. The normalized spacial score (nSPS) is 12.6. The molecule has 0 bridgehead atoms. The number of hydrogen-bond acceptors (Lipinski definition) is 0. The van der Waals surface area contributed by atoms with E-state index in [1.54, 1.807) is 5.67 Å². The fraction of sp³-hybridized carbons (Fsp3) is 0.750. The Morgan fingerprint density at radius 2 is 2.09 bits per heavy atom. The molecule has 68 valence electrons. The van der Waals surface area contributed by atoms with E-state index in [9.17, 15) is 0 Å². The minimum atomic E-state index is -0.276. The molecule has 0 aliphatic carbocycles. The molecule has 0 spiro atoms. The molecule has 0 fully saturated rings. The summed E-state index contributed by atoms with van der Waals surface area (Å²) in [4.78, 5) is 0. The number of rotatable bonds is 5. The molecule has 0 aromatic carbocycles. The average molecular weight is 205 g/mol. The second-order valence-corrected chi connectivity index (χ2v) is 9.47. The molecule has 0 heterocycles. The molecule has 0 radical (unpaired) electrons. The Morgan fingerprint density at radius 1 is 1.55 bits per heavy atom. The van der Waals surface area contributed by atoms with Crippen molar-refractivity contribution in [2.45, 2.75) is 37.8 Å². The summed E-state index contributed by atoms with van der Waals surface area (Å²) in [6.07, 6.45) is 2.10. The van der Waals surface area contributed by atoms with Crippen LogP contribution in [0.15, 0.2) is 12.7 Å². The molecule has 0 aliphatic rings. The second kappa shape index (κ2) is 13.0. The van der Waals surface area contributed by atoms with Crippen LogP contribution in [0.2, 0.25) is 30.8 Å². The summed E-state index contributed by atoms with van der Waals surface area (Å²) in [5.74, 6) is 0. The molecule has 1 atom stereocenters. The van der Waals surface area contributed by atoms with Gasteiger partial charge in [0.1, 0.15) is 0 Å². The summed E-state index contributed by atoms with van der Waals surface area (Å²) in [6, 6.07) is 2.85. The minimum Gasteiger partial charge on any atom is -0.103 e. The Kier molecular flexibility index (Phi) is 16.5. The van der Waals surface area contributed by atoms with Crippen molar-refractivity contribution >= 4 is 28.6 Å². The zero-order valence-electron chi connectivity index (χ0n) is 8.69. The van der Waals surface area contributed by atoms with Gasteiger partial charge in [-0.3, -0.25) is 0 Å². The fourth-order valence-corrected chi connectivity index (χ4v) is 6.89. The van der Waals surface area contributed by atoms with Crippen LogP contribution in [0.5, 0.6) is 0 Å². The van der Waals surface area contributed by atoms with Crippen LogP contribution in [0, 0.1) is 0 Å². The smallest absolute Gasteiger partial charge is 0.0344 e. The maximum absolute atomic E-state index is 3.76. The summed E-state index contributed by atoms with van der Waals surface area (Å²) in [5.41, 5.74) is 1.64. The Bertz CT molecular complexity index is 73.7. The molecule has 1 unspecified atom stereocenters. The largest absolute Gasteiger partial charge is 0.103 e. The van der Waals surface area contributed by atoms with Crippen molar-refractivity contribution in [3.8, 4) is 0 Å². The standard InChI is InChI=1S/C7H18Si2.CH6Si/c1-4-6-9(3)7-8-5-2;1-2/h4,9H,1,5-8H2,2-3H3;1-2H3. The van der Waals surface area contributed by atoms with Crippen LogP contribution in [0.25, 0.3) is 0 Å². The zero-order chi connectivity index (χ0) is 9.11. The van der Waals surface area contributed by atoms with Crippen molar-refractivity contribution in [2.24, 2.45) is 0 Å². The van der Waals surface area contributed by atoms with Crippen molar-refractivity contribution in [3.63, 3.8) is 0 Å². The summed E-state index contributed by atoms with van der Waals surface area (Å²) in [7, 11) is 1.40. The molecular weight excluding hydrogens is 180 g/mol. The Hall–Kier alpha value is 0.391. The SMILES string of the molecule is C=CC[SiH](C)C[SiH2]CC.C[SiH3]. The highest BCUT2D eigenvalue weighted by atomic mass is 28.3. The third-order valence-corrected chi connectivity index (χ3v) is 9.04. The first-order chi connectivity index (χ1) is 5.31. The van der Waals surface area contributed by atoms with Crippen molar-refractivity contribution in [3.05, 3.63) is 12.7 Å². The van der Waals surface area contributed by atoms with Gasteiger partial charge in [0.15, 0.2) is 0 Å². The van der Waals surface area contributed by atoms with Crippen molar-refractivity contribution < 1.29 is 0 Å². The Morgan fingerprint density at radius 3 is 2.45 bits per heavy atom. The molecule has 0 N–H and O–H groups in total. The topological polar surface area (TPSA) is 0 Å². The predicted octanol–water partition coefficient (Wildman–Crippen LogP) is 0.994. The maximum atomic E-state index is 3.76. The van der Waals surface area contributed by atoms with Crippen LogP contribution < -0.4 is 0 Å². The summed E-state index contributed by atoms with van der Waals surface area (Å²) in [6.45, 7) is 10.7. The van der Waals surface area contributed by atoms with Gasteiger partial charge in [-0.25, -0.2) is 0 Å². The van der Waals surface area contributed by atoms with Gasteiger partial charge >= 0.3 is 0 Å². The van der Waals surface area contributed by atoms with E-state index < -0.39 is 0 Å². The van der Waals surface area contributed by atoms with E-state index in [1.165, 1.54) is 22.3 Å². The molecule has 0 amide bonds. The van der Waals surface area contributed by atoms with E-state index in [0.29, 0.717) is 9.52 Å². The predicted molar refractivity (Wildman–Crippen MR) is 67.7 cm³/mol. The molecule has 0 aliphatic heterocycles. The van der Waals surface area contributed by atoms with Crippen molar-refractivity contribution in [1.82, 2.24) is 0 Å². The summed E-state index contributed by atoms with van der Waals surface area (Å²) in [5, 5.41) is 0. The lowest BCUT2D eigenvalue weighted by Gasteiger charge is -2.02. The van der Waals surface area contributed by atoms with Gasteiger partial charge in [0.25, 0.3) is 0 Å². The molecule has 3 heteroatoms. The first-order valence-corrected chi connectivity index (χ1v) is 11.7. The van der Waals surface area contributed by atoms with Gasteiger partial charge in [0, 0.05) is 18.3 Å². The fourth-order valence-electron chi connectivity index (χ4n) is 0.955. The van der Waals surface area contributed by atoms with Gasteiger partial charge in [-0.05, 0) is 16.3 Å². The molecule has 11 heavy (non-hydrogen) atoms.